The highest BCUT2D eigenvalue weighted by atomic mass is 32.2. The van der Waals surface area contributed by atoms with Crippen LogP contribution in [0.25, 0.3) is 0 Å². The molecule has 0 bridgehead atoms. The molecule has 1 aromatic carbocycles. The van der Waals surface area contributed by atoms with E-state index in [1.807, 2.05) is 5.32 Å². The Morgan fingerprint density at radius 2 is 1.79 bits per heavy atom. The third kappa shape index (κ3) is 6.65. The van der Waals surface area contributed by atoms with Gasteiger partial charge in [-0.15, -0.1) is 0 Å². The number of carboxylic acid groups (broad SMARTS) is 1. The summed E-state index contributed by atoms with van der Waals surface area (Å²) in [5, 5.41) is 13.3. The van der Waals surface area contributed by atoms with Gasteiger partial charge in [-0.1, -0.05) is 12.1 Å². The number of hydrogen-bond acceptors (Lipinski definition) is 5. The van der Waals surface area contributed by atoms with Crippen molar-refractivity contribution in [2.24, 2.45) is 5.73 Å². The van der Waals surface area contributed by atoms with Crippen LogP contribution in [0.3, 0.4) is 0 Å². The minimum atomic E-state index is -3.30. The molecule has 3 amide bonds. The van der Waals surface area contributed by atoms with Gasteiger partial charge in [0.15, 0.2) is 9.84 Å². The van der Waals surface area contributed by atoms with Crippen LogP contribution in [0.4, 0.5) is 4.79 Å². The van der Waals surface area contributed by atoms with Gasteiger partial charge in [-0.05, 0) is 24.1 Å². The van der Waals surface area contributed by atoms with Crippen LogP contribution < -0.4 is 16.4 Å². The maximum Gasteiger partial charge on any atom is 0.405 e. The van der Waals surface area contributed by atoms with Crippen LogP contribution in [0.1, 0.15) is 18.4 Å². The van der Waals surface area contributed by atoms with Gasteiger partial charge in [-0.2, -0.15) is 0 Å². The summed E-state index contributed by atoms with van der Waals surface area (Å²) >= 11 is 0. The molecule has 0 aliphatic rings. The summed E-state index contributed by atoms with van der Waals surface area (Å²) in [6, 6.07) is 4.80. The van der Waals surface area contributed by atoms with E-state index in [-0.39, 0.29) is 24.3 Å². The standard InChI is InChI=1S/C14H19N3O6S/c1-24(22,23)10-4-2-9(3-5-10)8-16-13(19)11(17-14(20)21)6-7-12(15)18/h2-5,11,17H,6-8H2,1H3,(H2,15,18)(H,16,19)(H,20,21). The second-order valence-electron chi connectivity index (χ2n) is 5.14. The van der Waals surface area contributed by atoms with Crippen LogP contribution in [0.15, 0.2) is 29.2 Å². The van der Waals surface area contributed by atoms with Crippen molar-refractivity contribution in [2.75, 3.05) is 6.26 Å². The smallest absolute Gasteiger partial charge is 0.405 e. The molecule has 0 saturated heterocycles. The van der Waals surface area contributed by atoms with Crippen molar-refractivity contribution in [3.05, 3.63) is 29.8 Å². The highest BCUT2D eigenvalue weighted by Crippen LogP contribution is 2.10. The average molecular weight is 357 g/mol. The van der Waals surface area contributed by atoms with Gasteiger partial charge in [-0.3, -0.25) is 9.59 Å². The molecule has 0 heterocycles. The Morgan fingerprint density at radius 1 is 1.21 bits per heavy atom. The molecule has 0 spiro atoms. The van der Waals surface area contributed by atoms with Gasteiger partial charge >= 0.3 is 6.09 Å². The van der Waals surface area contributed by atoms with Gasteiger partial charge in [0, 0.05) is 19.2 Å². The maximum atomic E-state index is 12.0. The Balaban J connectivity index is 2.66. The first-order chi connectivity index (χ1) is 11.1. The minimum Gasteiger partial charge on any atom is -0.465 e. The molecule has 1 aromatic rings. The summed E-state index contributed by atoms with van der Waals surface area (Å²) in [6.07, 6.45) is -0.496. The SMILES string of the molecule is CS(=O)(=O)c1ccc(CNC(=O)C(CCC(N)=O)NC(=O)O)cc1. The molecule has 0 aromatic heterocycles. The zero-order valence-electron chi connectivity index (χ0n) is 13.0. The number of amides is 3. The van der Waals surface area contributed by atoms with Gasteiger partial charge in [0.25, 0.3) is 0 Å². The summed E-state index contributed by atoms with van der Waals surface area (Å²) in [6.45, 7) is 0.0806. The van der Waals surface area contributed by atoms with E-state index < -0.39 is 33.8 Å². The predicted molar refractivity (Wildman–Crippen MR) is 84.8 cm³/mol. The molecule has 24 heavy (non-hydrogen) atoms. The van der Waals surface area contributed by atoms with Gasteiger partial charge in [0.2, 0.25) is 11.8 Å². The second kappa shape index (κ2) is 8.29. The highest BCUT2D eigenvalue weighted by Gasteiger charge is 2.20. The van der Waals surface area contributed by atoms with E-state index in [1.54, 1.807) is 12.1 Å². The Kier molecular flexibility index (Phi) is 6.71. The fraction of sp³-hybridized carbons (Fsp3) is 0.357. The summed E-state index contributed by atoms with van der Waals surface area (Å²) < 4.78 is 22.7. The molecule has 5 N–H and O–H groups in total. The molecule has 0 saturated carbocycles. The Labute approximate surface area is 139 Å². The molecule has 132 valence electrons. The third-order valence-electron chi connectivity index (χ3n) is 3.11. The van der Waals surface area contributed by atoms with Crippen molar-refractivity contribution >= 4 is 27.7 Å². The fourth-order valence-electron chi connectivity index (χ4n) is 1.87. The van der Waals surface area contributed by atoms with E-state index in [4.69, 9.17) is 10.8 Å². The van der Waals surface area contributed by atoms with Crippen molar-refractivity contribution in [3.8, 4) is 0 Å². The molecule has 1 unspecified atom stereocenters. The topological polar surface area (TPSA) is 156 Å². The molecular formula is C14H19N3O6S. The molecule has 0 aliphatic carbocycles. The van der Waals surface area contributed by atoms with Crippen LogP contribution >= 0.6 is 0 Å². The largest absolute Gasteiger partial charge is 0.465 e. The maximum absolute atomic E-state index is 12.0. The lowest BCUT2D eigenvalue weighted by Gasteiger charge is -2.16. The molecule has 0 radical (unpaired) electrons. The molecular weight excluding hydrogens is 338 g/mol. The first-order valence-corrected chi connectivity index (χ1v) is 8.83. The number of carbonyl (C=O) groups excluding carboxylic acids is 2. The number of nitrogens with two attached hydrogens (primary N) is 1. The quantitative estimate of drug-likeness (QED) is 0.496. The average Bonchev–Trinajstić information content (AvgIpc) is 2.48. The number of hydrogen-bond donors (Lipinski definition) is 4. The minimum absolute atomic E-state index is 0.0551. The third-order valence-corrected chi connectivity index (χ3v) is 4.24. The normalized spacial score (nSPS) is 12.2. The van der Waals surface area contributed by atoms with Gasteiger partial charge in [0.1, 0.15) is 6.04 Å². The first-order valence-electron chi connectivity index (χ1n) is 6.94. The van der Waals surface area contributed by atoms with Gasteiger partial charge < -0.3 is 21.5 Å². The molecule has 0 aliphatic heterocycles. The summed E-state index contributed by atoms with van der Waals surface area (Å²) in [7, 11) is -3.30. The van der Waals surface area contributed by atoms with E-state index in [2.05, 4.69) is 5.32 Å². The van der Waals surface area contributed by atoms with Crippen molar-refractivity contribution in [2.45, 2.75) is 30.3 Å². The van der Waals surface area contributed by atoms with Crippen LogP contribution in [-0.2, 0) is 26.0 Å². The predicted octanol–water partition coefficient (Wildman–Crippen LogP) is -0.392. The number of primary amides is 1. The second-order valence-corrected chi connectivity index (χ2v) is 7.16. The van der Waals surface area contributed by atoms with Crippen LogP contribution in [0.2, 0.25) is 0 Å². The Hall–Kier alpha value is -2.62. The zero-order valence-corrected chi connectivity index (χ0v) is 13.8. The van der Waals surface area contributed by atoms with Crippen molar-refractivity contribution in [3.63, 3.8) is 0 Å². The lowest BCUT2D eigenvalue weighted by molar-refractivity contribution is -0.123. The molecule has 1 atom stereocenters. The molecule has 10 heteroatoms. The Bertz CT molecular complexity index is 715. The summed E-state index contributed by atoms with van der Waals surface area (Å²) in [4.78, 5) is 33.6. The van der Waals surface area contributed by atoms with E-state index >= 15 is 0 Å². The number of rotatable bonds is 8. The van der Waals surface area contributed by atoms with E-state index in [9.17, 15) is 22.8 Å². The van der Waals surface area contributed by atoms with Crippen molar-refractivity contribution < 1.29 is 27.9 Å². The number of carbonyl (C=O) groups is 3. The number of sulfone groups is 1. The number of benzene rings is 1. The molecule has 1 rings (SSSR count). The van der Waals surface area contributed by atoms with Crippen LogP contribution in [-0.4, -0.2) is 43.7 Å². The lowest BCUT2D eigenvalue weighted by atomic mass is 10.1. The van der Waals surface area contributed by atoms with Crippen molar-refractivity contribution in [1.82, 2.24) is 10.6 Å². The molecule has 0 fully saturated rings. The molecule has 9 nitrogen and oxygen atoms in total. The van der Waals surface area contributed by atoms with E-state index in [1.165, 1.54) is 12.1 Å². The van der Waals surface area contributed by atoms with Crippen molar-refractivity contribution in [1.29, 1.82) is 0 Å². The van der Waals surface area contributed by atoms with E-state index in [0.717, 1.165) is 6.26 Å². The monoisotopic (exact) mass is 357 g/mol. The Morgan fingerprint density at radius 3 is 2.25 bits per heavy atom. The zero-order chi connectivity index (χ0) is 18.3. The first kappa shape index (κ1) is 19.4. The van der Waals surface area contributed by atoms with E-state index in [0.29, 0.717) is 5.56 Å². The summed E-state index contributed by atoms with van der Waals surface area (Å²) in [5.41, 5.74) is 5.63. The highest BCUT2D eigenvalue weighted by molar-refractivity contribution is 7.90. The van der Waals surface area contributed by atoms with Crippen LogP contribution in [0.5, 0.6) is 0 Å². The fourth-order valence-corrected chi connectivity index (χ4v) is 2.50. The van der Waals surface area contributed by atoms with Crippen LogP contribution in [0, 0.1) is 0 Å². The summed E-state index contributed by atoms with van der Waals surface area (Å²) in [5.74, 6) is -1.25. The number of nitrogens with one attached hydrogen (secondary N) is 2. The van der Waals surface area contributed by atoms with Gasteiger partial charge in [-0.25, -0.2) is 13.2 Å². The lowest BCUT2D eigenvalue weighted by Crippen LogP contribution is -2.46. The van der Waals surface area contributed by atoms with Gasteiger partial charge in [0.05, 0.1) is 4.90 Å².